The number of pyridine rings is 1. The fourth-order valence-corrected chi connectivity index (χ4v) is 4.62. The molecule has 3 fully saturated rings. The summed E-state index contributed by atoms with van der Waals surface area (Å²) in [5.74, 6) is -4.95. The van der Waals surface area contributed by atoms with Crippen LogP contribution in [0.4, 0.5) is 26.3 Å². The Hall–Kier alpha value is -2.94. The summed E-state index contributed by atoms with van der Waals surface area (Å²) in [6.07, 6.45) is -6.18. The lowest BCUT2D eigenvalue weighted by molar-refractivity contribution is -0.193. The van der Waals surface area contributed by atoms with Crippen LogP contribution in [0.5, 0.6) is 0 Å². The van der Waals surface area contributed by atoms with Crippen molar-refractivity contribution in [3.05, 3.63) is 29.6 Å². The van der Waals surface area contributed by atoms with Gasteiger partial charge in [0.05, 0.1) is 5.69 Å². The molecule has 2 atom stereocenters. The van der Waals surface area contributed by atoms with Crippen molar-refractivity contribution < 1.29 is 55.7 Å². The Balaban J connectivity index is 0.000000301. The molecule has 38 heavy (non-hydrogen) atoms. The molecule has 1 amide bonds. The molecule has 3 aliphatic heterocycles. The van der Waals surface area contributed by atoms with E-state index in [1.54, 1.807) is 0 Å². The molecule has 1 aromatic heterocycles. The monoisotopic (exact) mass is 557 g/mol. The van der Waals surface area contributed by atoms with Crippen LogP contribution in [0.3, 0.4) is 0 Å². The summed E-state index contributed by atoms with van der Waals surface area (Å²) >= 11 is 0. The number of hydrogen-bond acceptors (Lipinski definition) is 6. The molecule has 0 unspecified atom stereocenters. The van der Waals surface area contributed by atoms with Crippen molar-refractivity contribution in [3.8, 4) is 0 Å². The summed E-state index contributed by atoms with van der Waals surface area (Å²) in [4.78, 5) is 40.0. The van der Waals surface area contributed by atoms with Crippen molar-refractivity contribution in [2.75, 3.05) is 26.3 Å². The Labute approximate surface area is 214 Å². The second-order valence-electron chi connectivity index (χ2n) is 8.98. The fourth-order valence-electron chi connectivity index (χ4n) is 4.62. The Kier molecular flexibility index (Phi) is 10.9. The van der Waals surface area contributed by atoms with E-state index >= 15 is 0 Å². The summed E-state index contributed by atoms with van der Waals surface area (Å²) in [5, 5.41) is 14.2. The highest BCUT2D eigenvalue weighted by atomic mass is 19.4. The van der Waals surface area contributed by atoms with Gasteiger partial charge in [0.25, 0.3) is 0 Å². The molecule has 9 nitrogen and oxygen atoms in total. The third-order valence-electron chi connectivity index (χ3n) is 6.34. The fraction of sp³-hybridized carbons (Fsp3) is 0.652. The summed E-state index contributed by atoms with van der Waals surface area (Å²) < 4.78 is 68.9. The number of likely N-dealkylation sites (tertiary alicyclic amines) is 2. The quantitative estimate of drug-likeness (QED) is 0.544. The molecule has 4 heterocycles. The zero-order valence-corrected chi connectivity index (χ0v) is 20.5. The molecule has 214 valence electrons. The van der Waals surface area contributed by atoms with Crippen molar-refractivity contribution in [2.45, 2.75) is 63.6 Å². The molecular weight excluding hydrogens is 528 g/mol. The summed E-state index contributed by atoms with van der Waals surface area (Å²) in [5.41, 5.74) is 2.22. The predicted octanol–water partition coefficient (Wildman–Crippen LogP) is 3.26. The van der Waals surface area contributed by atoms with Crippen LogP contribution in [0.25, 0.3) is 0 Å². The standard InChI is InChI=1S/C19H27N3O2.2C2HF3O2/c1-14-3-2-4-16(20-14)13-21-9-5-18-17(21)6-10-22(18)19(23)15-7-11-24-12-8-15;2*3-2(4,5)1(6)7/h2-4,15,17-18H,5-13H2,1H3;2*(H,6,7)/t17-,18+;;/m0../s1. The van der Waals surface area contributed by atoms with E-state index in [1.165, 1.54) is 0 Å². The molecule has 0 bridgehead atoms. The number of carboxylic acid groups (broad SMARTS) is 2. The number of aryl methyl sites for hydroxylation is 1. The SMILES string of the molecule is Cc1cccc(CN2CC[C@@H]3[C@@H]2CCN3C(=O)C2CCOCC2)n1.O=C(O)C(F)(F)F.O=C(O)C(F)(F)F. The van der Waals surface area contributed by atoms with Crippen molar-refractivity contribution in [3.63, 3.8) is 0 Å². The van der Waals surface area contributed by atoms with Gasteiger partial charge in [-0.1, -0.05) is 6.07 Å². The number of fused-ring (bicyclic) bond motifs is 1. The van der Waals surface area contributed by atoms with Gasteiger partial charge in [-0.3, -0.25) is 14.7 Å². The van der Waals surface area contributed by atoms with E-state index in [2.05, 4.69) is 26.9 Å². The lowest BCUT2D eigenvalue weighted by atomic mass is 9.98. The minimum Gasteiger partial charge on any atom is -0.475 e. The summed E-state index contributed by atoms with van der Waals surface area (Å²) in [7, 11) is 0. The number of halogens is 6. The van der Waals surface area contributed by atoms with Gasteiger partial charge >= 0.3 is 24.3 Å². The molecular formula is C23H29F6N3O6. The molecule has 0 aromatic carbocycles. The van der Waals surface area contributed by atoms with Crippen LogP contribution in [0.1, 0.15) is 37.1 Å². The van der Waals surface area contributed by atoms with E-state index < -0.39 is 24.3 Å². The number of aromatic nitrogens is 1. The highest BCUT2D eigenvalue weighted by Gasteiger charge is 2.45. The molecule has 3 saturated heterocycles. The highest BCUT2D eigenvalue weighted by molar-refractivity contribution is 5.79. The number of carboxylic acids is 2. The zero-order valence-electron chi connectivity index (χ0n) is 20.5. The van der Waals surface area contributed by atoms with Crippen LogP contribution in [0.15, 0.2) is 18.2 Å². The van der Waals surface area contributed by atoms with Crippen LogP contribution in [0, 0.1) is 12.8 Å². The first-order chi connectivity index (χ1) is 17.6. The maximum atomic E-state index is 12.9. The first-order valence-corrected chi connectivity index (χ1v) is 11.8. The van der Waals surface area contributed by atoms with E-state index in [9.17, 15) is 31.1 Å². The lowest BCUT2D eigenvalue weighted by Crippen LogP contribution is -2.43. The largest absolute Gasteiger partial charge is 0.490 e. The number of nitrogens with zero attached hydrogens (tertiary/aromatic N) is 3. The number of carbonyl (C=O) groups excluding carboxylic acids is 1. The maximum Gasteiger partial charge on any atom is 0.490 e. The van der Waals surface area contributed by atoms with Crippen molar-refractivity contribution >= 4 is 17.8 Å². The first kappa shape index (κ1) is 31.3. The second-order valence-corrected chi connectivity index (χ2v) is 8.98. The van der Waals surface area contributed by atoms with Gasteiger partial charge in [0.2, 0.25) is 5.91 Å². The van der Waals surface area contributed by atoms with Gasteiger partial charge in [0.15, 0.2) is 0 Å². The van der Waals surface area contributed by atoms with Gasteiger partial charge in [-0.15, -0.1) is 0 Å². The third-order valence-corrected chi connectivity index (χ3v) is 6.34. The average molecular weight is 557 g/mol. The molecule has 0 aliphatic carbocycles. The number of amides is 1. The Morgan fingerprint density at radius 1 is 0.921 bits per heavy atom. The number of rotatable bonds is 3. The van der Waals surface area contributed by atoms with Gasteiger partial charge < -0.3 is 19.8 Å². The van der Waals surface area contributed by atoms with Crippen LogP contribution < -0.4 is 0 Å². The van der Waals surface area contributed by atoms with Gasteiger partial charge in [0, 0.05) is 56.5 Å². The highest BCUT2D eigenvalue weighted by Crippen LogP contribution is 2.34. The van der Waals surface area contributed by atoms with Crippen molar-refractivity contribution in [1.82, 2.24) is 14.8 Å². The number of carbonyl (C=O) groups is 3. The van der Waals surface area contributed by atoms with E-state index in [1.807, 2.05) is 13.0 Å². The second kappa shape index (κ2) is 13.2. The number of hydrogen-bond donors (Lipinski definition) is 2. The Morgan fingerprint density at radius 3 is 1.95 bits per heavy atom. The molecule has 15 heteroatoms. The topological polar surface area (TPSA) is 120 Å². The van der Waals surface area contributed by atoms with E-state index in [4.69, 9.17) is 24.5 Å². The molecule has 4 rings (SSSR count). The number of aliphatic carboxylic acids is 2. The first-order valence-electron chi connectivity index (χ1n) is 11.8. The van der Waals surface area contributed by atoms with Crippen LogP contribution in [-0.2, 0) is 25.7 Å². The van der Waals surface area contributed by atoms with Crippen LogP contribution >= 0.6 is 0 Å². The molecule has 2 N–H and O–H groups in total. The van der Waals surface area contributed by atoms with Crippen molar-refractivity contribution in [2.24, 2.45) is 5.92 Å². The molecule has 0 saturated carbocycles. The van der Waals surface area contributed by atoms with E-state index in [-0.39, 0.29) is 5.92 Å². The predicted molar refractivity (Wildman–Crippen MR) is 119 cm³/mol. The van der Waals surface area contributed by atoms with Crippen molar-refractivity contribution in [1.29, 1.82) is 0 Å². The van der Waals surface area contributed by atoms with E-state index in [0.29, 0.717) is 18.0 Å². The zero-order chi connectivity index (χ0) is 28.7. The molecule has 0 radical (unpaired) electrons. The minimum atomic E-state index is -5.08. The van der Waals surface area contributed by atoms with Crippen LogP contribution in [0.2, 0.25) is 0 Å². The molecule has 3 aliphatic rings. The van der Waals surface area contributed by atoms with Gasteiger partial charge in [-0.25, -0.2) is 9.59 Å². The smallest absolute Gasteiger partial charge is 0.475 e. The lowest BCUT2D eigenvalue weighted by Gasteiger charge is -2.30. The maximum absolute atomic E-state index is 12.9. The molecule has 0 spiro atoms. The Morgan fingerprint density at radius 2 is 1.45 bits per heavy atom. The third kappa shape index (κ3) is 9.11. The van der Waals surface area contributed by atoms with Gasteiger partial charge in [0.1, 0.15) is 0 Å². The minimum absolute atomic E-state index is 0.185. The van der Waals surface area contributed by atoms with Gasteiger partial charge in [-0.2, -0.15) is 26.3 Å². The molecule has 1 aromatic rings. The Bertz CT molecular complexity index is 944. The average Bonchev–Trinajstić information content (AvgIpc) is 3.42. The van der Waals surface area contributed by atoms with Gasteiger partial charge in [-0.05, 0) is 44.7 Å². The summed E-state index contributed by atoms with van der Waals surface area (Å²) in [6, 6.07) is 7.16. The van der Waals surface area contributed by atoms with Crippen LogP contribution in [-0.4, -0.2) is 93.6 Å². The summed E-state index contributed by atoms with van der Waals surface area (Å²) in [6.45, 7) is 6.42. The number of alkyl halides is 6. The normalized spacial score (nSPS) is 22.0. The van der Waals surface area contributed by atoms with E-state index in [0.717, 1.165) is 69.9 Å². The number of ether oxygens (including phenoxy) is 1.